The van der Waals surface area contributed by atoms with Crippen LogP contribution in [0.2, 0.25) is 6.04 Å². The lowest BCUT2D eigenvalue weighted by Crippen LogP contribution is -2.46. The minimum absolute atomic E-state index is 0.417. The van der Waals surface area contributed by atoms with E-state index in [-0.39, 0.29) is 0 Å². The standard InChI is InChI=1S/C17H37NO7Si/c1-8-18(17(19)25-16(6)24-15(5)20-7)13-12-14-26(21-9-2,22-10-3)23-11-4/h15-16H,8-14H2,1-7H3. The lowest BCUT2D eigenvalue weighted by Gasteiger charge is -2.29. The Hall–Kier alpha value is -0.713. The molecule has 1 amide bonds. The van der Waals surface area contributed by atoms with Crippen molar-refractivity contribution in [1.29, 1.82) is 0 Å². The maximum absolute atomic E-state index is 12.3. The quantitative estimate of drug-likeness (QED) is 0.311. The summed E-state index contributed by atoms with van der Waals surface area (Å²) in [6.07, 6.45) is -0.836. The molecule has 0 saturated carbocycles. The lowest BCUT2D eigenvalue weighted by molar-refractivity contribution is -0.205. The van der Waals surface area contributed by atoms with Crippen LogP contribution in [0.4, 0.5) is 4.79 Å². The number of ether oxygens (including phenoxy) is 3. The van der Waals surface area contributed by atoms with Crippen LogP contribution in [0.15, 0.2) is 0 Å². The van der Waals surface area contributed by atoms with Crippen molar-refractivity contribution < 1.29 is 32.3 Å². The summed E-state index contributed by atoms with van der Waals surface area (Å²) in [5, 5.41) is 0. The molecule has 0 fully saturated rings. The van der Waals surface area contributed by atoms with E-state index >= 15 is 0 Å². The monoisotopic (exact) mass is 395 g/mol. The molecule has 2 unspecified atom stereocenters. The topological polar surface area (TPSA) is 75.7 Å². The Bertz CT molecular complexity index is 356. The van der Waals surface area contributed by atoms with Crippen LogP contribution in [0.25, 0.3) is 0 Å². The Morgan fingerprint density at radius 3 is 1.92 bits per heavy atom. The van der Waals surface area contributed by atoms with Crippen LogP contribution in [-0.4, -0.2) is 72.4 Å². The van der Waals surface area contributed by atoms with E-state index < -0.39 is 27.5 Å². The first-order valence-corrected chi connectivity index (χ1v) is 11.4. The van der Waals surface area contributed by atoms with Crippen LogP contribution in [0.1, 0.15) is 48.0 Å². The smallest absolute Gasteiger partial charge is 0.420 e. The minimum Gasteiger partial charge on any atom is -0.420 e. The third-order valence-corrected chi connectivity index (χ3v) is 6.78. The molecule has 0 rings (SSSR count). The number of rotatable bonds is 15. The summed E-state index contributed by atoms with van der Waals surface area (Å²) in [7, 11) is -1.16. The molecule has 0 aromatic carbocycles. The zero-order valence-electron chi connectivity index (χ0n) is 17.4. The summed E-state index contributed by atoms with van der Waals surface area (Å²) in [6, 6.07) is 0.652. The Morgan fingerprint density at radius 2 is 1.50 bits per heavy atom. The molecule has 0 aliphatic rings. The fraction of sp³-hybridized carbons (Fsp3) is 0.941. The van der Waals surface area contributed by atoms with E-state index in [1.54, 1.807) is 18.7 Å². The SMILES string of the molecule is CCO[Si](CCCN(CC)C(=O)OC(C)OC(C)OC)(OCC)OCC. The van der Waals surface area contributed by atoms with Gasteiger partial charge in [-0.3, -0.25) is 0 Å². The van der Waals surface area contributed by atoms with E-state index in [1.165, 1.54) is 7.11 Å². The van der Waals surface area contributed by atoms with E-state index in [9.17, 15) is 4.79 Å². The number of hydrogen-bond donors (Lipinski definition) is 0. The Balaban J connectivity index is 4.58. The molecular formula is C17H37NO7Si. The second kappa shape index (κ2) is 14.4. The van der Waals surface area contributed by atoms with E-state index in [1.807, 2.05) is 27.7 Å². The molecule has 156 valence electrons. The van der Waals surface area contributed by atoms with Crippen molar-refractivity contribution in [1.82, 2.24) is 4.90 Å². The summed E-state index contributed by atoms with van der Waals surface area (Å²) in [5.74, 6) is 0. The second-order valence-corrected chi connectivity index (χ2v) is 8.29. The van der Waals surface area contributed by atoms with Crippen LogP contribution in [0, 0.1) is 0 Å². The highest BCUT2D eigenvalue weighted by Crippen LogP contribution is 2.19. The van der Waals surface area contributed by atoms with Gasteiger partial charge in [0.05, 0.1) is 0 Å². The number of hydrogen-bond acceptors (Lipinski definition) is 7. The summed E-state index contributed by atoms with van der Waals surface area (Å²) in [5.41, 5.74) is 0. The Kier molecular flexibility index (Phi) is 14.0. The van der Waals surface area contributed by atoms with Gasteiger partial charge in [-0.1, -0.05) is 0 Å². The number of amides is 1. The van der Waals surface area contributed by atoms with Gasteiger partial charge < -0.3 is 32.4 Å². The molecule has 0 N–H and O–H groups in total. The van der Waals surface area contributed by atoms with Gasteiger partial charge in [0.2, 0.25) is 6.29 Å². The van der Waals surface area contributed by atoms with Gasteiger partial charge in [0.15, 0.2) is 6.29 Å². The second-order valence-electron chi connectivity index (χ2n) is 5.56. The summed E-state index contributed by atoms with van der Waals surface area (Å²) >= 11 is 0. The molecule has 9 heteroatoms. The average molecular weight is 396 g/mol. The first kappa shape index (κ1) is 25.3. The molecule has 0 aromatic heterocycles. The molecule has 0 aliphatic heterocycles. The third-order valence-electron chi connectivity index (χ3n) is 3.63. The maximum Gasteiger partial charge on any atom is 0.500 e. The Labute approximate surface area is 159 Å². The van der Waals surface area contributed by atoms with Gasteiger partial charge in [0, 0.05) is 46.1 Å². The van der Waals surface area contributed by atoms with Gasteiger partial charge in [-0.05, 0) is 48.0 Å². The lowest BCUT2D eigenvalue weighted by atomic mass is 10.4. The molecule has 26 heavy (non-hydrogen) atoms. The first-order valence-electron chi connectivity index (χ1n) is 9.43. The van der Waals surface area contributed by atoms with E-state index in [2.05, 4.69) is 0 Å². The Morgan fingerprint density at radius 1 is 0.962 bits per heavy atom. The van der Waals surface area contributed by atoms with Crippen molar-refractivity contribution >= 4 is 14.9 Å². The zero-order chi connectivity index (χ0) is 20.0. The number of nitrogens with zero attached hydrogens (tertiary/aromatic N) is 1. The largest absolute Gasteiger partial charge is 0.500 e. The van der Waals surface area contributed by atoms with Gasteiger partial charge in [-0.15, -0.1) is 0 Å². The average Bonchev–Trinajstić information content (AvgIpc) is 2.59. The maximum atomic E-state index is 12.3. The zero-order valence-corrected chi connectivity index (χ0v) is 18.4. The summed E-state index contributed by atoms with van der Waals surface area (Å²) in [6.45, 7) is 13.8. The fourth-order valence-electron chi connectivity index (χ4n) is 2.44. The highest BCUT2D eigenvalue weighted by molar-refractivity contribution is 6.60. The molecule has 0 aromatic rings. The molecule has 0 radical (unpaired) electrons. The van der Waals surface area contributed by atoms with Gasteiger partial charge in [-0.25, -0.2) is 4.79 Å². The van der Waals surface area contributed by atoms with Crippen molar-refractivity contribution in [2.24, 2.45) is 0 Å². The van der Waals surface area contributed by atoms with Crippen LogP contribution >= 0.6 is 0 Å². The van der Waals surface area contributed by atoms with Crippen molar-refractivity contribution in [3.05, 3.63) is 0 Å². The first-order chi connectivity index (χ1) is 12.4. The van der Waals surface area contributed by atoms with Crippen molar-refractivity contribution in [3.63, 3.8) is 0 Å². The molecule has 0 bridgehead atoms. The highest BCUT2D eigenvalue weighted by atomic mass is 28.4. The van der Waals surface area contributed by atoms with Crippen molar-refractivity contribution in [2.45, 2.75) is 66.6 Å². The van der Waals surface area contributed by atoms with Crippen LogP contribution in [0.3, 0.4) is 0 Å². The molecule has 0 spiro atoms. The van der Waals surface area contributed by atoms with Crippen molar-refractivity contribution in [3.8, 4) is 0 Å². The van der Waals surface area contributed by atoms with Crippen LogP contribution < -0.4 is 0 Å². The van der Waals surface area contributed by atoms with Gasteiger partial charge >= 0.3 is 14.9 Å². The number of carbonyl (C=O) groups excluding carboxylic acids is 1. The molecule has 8 nitrogen and oxygen atoms in total. The van der Waals surface area contributed by atoms with E-state index in [0.717, 1.165) is 0 Å². The molecule has 2 atom stereocenters. The van der Waals surface area contributed by atoms with Gasteiger partial charge in [0.1, 0.15) is 0 Å². The van der Waals surface area contributed by atoms with E-state index in [0.29, 0.717) is 45.4 Å². The third kappa shape index (κ3) is 9.84. The van der Waals surface area contributed by atoms with Gasteiger partial charge in [-0.2, -0.15) is 0 Å². The summed E-state index contributed by atoms with van der Waals surface area (Å²) in [4.78, 5) is 13.9. The predicted molar refractivity (Wildman–Crippen MR) is 101 cm³/mol. The predicted octanol–water partition coefficient (Wildman–Crippen LogP) is 3.24. The minimum atomic E-state index is -2.69. The van der Waals surface area contributed by atoms with Crippen LogP contribution in [-0.2, 0) is 27.5 Å². The molecule has 0 heterocycles. The molecular weight excluding hydrogens is 358 g/mol. The molecule has 0 saturated heterocycles. The van der Waals surface area contributed by atoms with Gasteiger partial charge in [0.25, 0.3) is 0 Å². The fourth-order valence-corrected chi connectivity index (χ4v) is 5.03. The number of methoxy groups -OCH3 is 1. The van der Waals surface area contributed by atoms with Crippen LogP contribution in [0.5, 0.6) is 0 Å². The highest BCUT2D eigenvalue weighted by Gasteiger charge is 2.39. The molecule has 0 aliphatic carbocycles. The van der Waals surface area contributed by atoms with Crippen molar-refractivity contribution in [2.75, 3.05) is 40.0 Å². The number of carbonyl (C=O) groups is 1. The normalized spacial score (nSPS) is 14.1. The summed E-state index contributed by atoms with van der Waals surface area (Å²) < 4.78 is 33.2. The van der Waals surface area contributed by atoms with E-state index in [4.69, 9.17) is 27.5 Å².